The highest BCUT2D eigenvalue weighted by Gasteiger charge is 2.17. The van der Waals surface area contributed by atoms with Gasteiger partial charge in [0.2, 0.25) is 0 Å². The van der Waals surface area contributed by atoms with Crippen LogP contribution in [0.1, 0.15) is 15.9 Å². The van der Waals surface area contributed by atoms with E-state index in [-0.39, 0.29) is 5.56 Å². The van der Waals surface area contributed by atoms with Crippen molar-refractivity contribution >= 4 is 39.9 Å². The number of nitrogens with one attached hydrogen (secondary N) is 1. The van der Waals surface area contributed by atoms with Crippen molar-refractivity contribution in [2.24, 2.45) is 0 Å². The van der Waals surface area contributed by atoms with E-state index in [9.17, 15) is 9.59 Å². The van der Waals surface area contributed by atoms with Gasteiger partial charge in [0.05, 0.1) is 7.11 Å². The number of carbonyl (C=O) groups is 2. The first-order valence-corrected chi connectivity index (χ1v) is 8.65. The third-order valence-electron chi connectivity index (χ3n) is 4.10. The highest BCUT2D eigenvalue weighted by molar-refractivity contribution is 6.31. The van der Waals surface area contributed by atoms with E-state index in [0.29, 0.717) is 16.5 Å². The van der Waals surface area contributed by atoms with Crippen LogP contribution in [0.4, 0.5) is 5.69 Å². The fraction of sp³-hybridized carbons (Fsp3) is 0.143. The number of fused-ring (bicyclic) bond motifs is 1. The molecule has 0 saturated carbocycles. The maximum Gasteiger partial charge on any atom is 0.342 e. The van der Waals surface area contributed by atoms with Crippen LogP contribution >= 0.6 is 11.6 Å². The van der Waals surface area contributed by atoms with Gasteiger partial charge in [-0.1, -0.05) is 41.9 Å². The van der Waals surface area contributed by atoms with Gasteiger partial charge in [0.25, 0.3) is 5.91 Å². The Bertz CT molecular complexity index is 1020. The van der Waals surface area contributed by atoms with Crippen LogP contribution in [-0.4, -0.2) is 25.6 Å². The third kappa shape index (κ3) is 4.38. The molecule has 6 heteroatoms. The van der Waals surface area contributed by atoms with Gasteiger partial charge in [-0.05, 0) is 47.5 Å². The lowest BCUT2D eigenvalue weighted by atomic mass is 10.1. The van der Waals surface area contributed by atoms with Crippen LogP contribution < -0.4 is 10.1 Å². The Morgan fingerprint density at radius 1 is 1.04 bits per heavy atom. The van der Waals surface area contributed by atoms with Crippen molar-refractivity contribution in [3.05, 3.63) is 70.7 Å². The predicted octanol–water partition coefficient (Wildman–Crippen LogP) is 4.61. The fourth-order valence-electron chi connectivity index (χ4n) is 2.67. The zero-order chi connectivity index (χ0) is 19.4. The highest BCUT2D eigenvalue weighted by atomic mass is 35.5. The molecular weight excluding hydrogens is 366 g/mol. The first-order chi connectivity index (χ1) is 13.0. The fourth-order valence-corrected chi connectivity index (χ4v) is 2.84. The number of methoxy groups -OCH3 is 1. The molecule has 3 rings (SSSR count). The lowest BCUT2D eigenvalue weighted by Gasteiger charge is -2.11. The molecule has 5 nitrogen and oxygen atoms in total. The monoisotopic (exact) mass is 383 g/mol. The van der Waals surface area contributed by atoms with Gasteiger partial charge >= 0.3 is 5.97 Å². The van der Waals surface area contributed by atoms with Crippen LogP contribution in [0.3, 0.4) is 0 Å². The lowest BCUT2D eigenvalue weighted by molar-refractivity contribution is -0.119. The van der Waals surface area contributed by atoms with E-state index in [1.807, 2.05) is 31.2 Å². The second-order valence-electron chi connectivity index (χ2n) is 5.98. The number of benzene rings is 3. The van der Waals surface area contributed by atoms with Gasteiger partial charge in [-0.25, -0.2) is 4.79 Å². The summed E-state index contributed by atoms with van der Waals surface area (Å²) in [6.45, 7) is 1.43. The van der Waals surface area contributed by atoms with E-state index in [0.717, 1.165) is 16.3 Å². The molecule has 0 atom stereocenters. The second-order valence-corrected chi connectivity index (χ2v) is 6.42. The van der Waals surface area contributed by atoms with E-state index >= 15 is 0 Å². The van der Waals surface area contributed by atoms with Crippen molar-refractivity contribution in [1.82, 2.24) is 0 Å². The lowest BCUT2D eigenvalue weighted by Crippen LogP contribution is -2.21. The van der Waals surface area contributed by atoms with Crippen LogP contribution in [-0.2, 0) is 9.53 Å². The number of amides is 1. The Labute approximate surface area is 161 Å². The zero-order valence-electron chi connectivity index (χ0n) is 14.9. The van der Waals surface area contributed by atoms with Gasteiger partial charge in [0, 0.05) is 10.7 Å². The molecule has 0 saturated heterocycles. The quantitative estimate of drug-likeness (QED) is 0.653. The minimum Gasteiger partial charge on any atom is -0.496 e. The van der Waals surface area contributed by atoms with Gasteiger partial charge in [0.1, 0.15) is 11.3 Å². The summed E-state index contributed by atoms with van der Waals surface area (Å²) >= 11 is 5.94. The minimum absolute atomic E-state index is 0.267. The van der Waals surface area contributed by atoms with E-state index < -0.39 is 18.5 Å². The summed E-state index contributed by atoms with van der Waals surface area (Å²) in [6.07, 6.45) is 0. The molecular formula is C21H18ClNO4. The van der Waals surface area contributed by atoms with Gasteiger partial charge in [0.15, 0.2) is 6.61 Å². The number of hydrogen-bond acceptors (Lipinski definition) is 4. The Morgan fingerprint density at radius 2 is 1.74 bits per heavy atom. The topological polar surface area (TPSA) is 64.6 Å². The van der Waals surface area contributed by atoms with Crippen molar-refractivity contribution in [2.45, 2.75) is 6.92 Å². The largest absolute Gasteiger partial charge is 0.496 e. The summed E-state index contributed by atoms with van der Waals surface area (Å²) < 4.78 is 10.4. The standard InChI is InChI=1S/C21H18ClNO4/c1-13-7-8-16(22)11-18(13)23-20(24)12-27-21(25)17-9-14-5-3-4-6-15(14)10-19(17)26-2/h3-11H,12H2,1-2H3,(H,23,24). The second kappa shape index (κ2) is 8.10. The number of anilines is 1. The van der Waals surface area contributed by atoms with E-state index in [1.54, 1.807) is 30.3 Å². The molecule has 3 aromatic rings. The van der Waals surface area contributed by atoms with Crippen LogP contribution in [0.15, 0.2) is 54.6 Å². The normalized spacial score (nSPS) is 10.5. The first-order valence-electron chi connectivity index (χ1n) is 8.28. The molecule has 0 aromatic heterocycles. The van der Waals surface area contributed by atoms with E-state index in [4.69, 9.17) is 21.1 Å². The molecule has 0 spiro atoms. The van der Waals surface area contributed by atoms with Gasteiger partial charge < -0.3 is 14.8 Å². The van der Waals surface area contributed by atoms with Crippen molar-refractivity contribution < 1.29 is 19.1 Å². The molecule has 0 fully saturated rings. The summed E-state index contributed by atoms with van der Waals surface area (Å²) in [7, 11) is 1.48. The third-order valence-corrected chi connectivity index (χ3v) is 4.33. The van der Waals surface area contributed by atoms with Crippen LogP contribution in [0.5, 0.6) is 5.75 Å². The van der Waals surface area contributed by atoms with E-state index in [1.165, 1.54) is 7.11 Å². The Kier molecular flexibility index (Phi) is 5.62. The highest BCUT2D eigenvalue weighted by Crippen LogP contribution is 2.26. The van der Waals surface area contributed by atoms with Gasteiger partial charge in [-0.15, -0.1) is 0 Å². The summed E-state index contributed by atoms with van der Waals surface area (Å²) in [5.74, 6) is -0.686. The SMILES string of the molecule is COc1cc2ccccc2cc1C(=O)OCC(=O)Nc1cc(Cl)ccc1C. The molecule has 0 heterocycles. The summed E-state index contributed by atoms with van der Waals surface area (Å²) in [5, 5.41) is 5.02. The minimum atomic E-state index is -0.629. The molecule has 3 aromatic carbocycles. The Balaban J connectivity index is 1.71. The number of halogens is 1. The van der Waals surface area contributed by atoms with Crippen LogP contribution in [0.25, 0.3) is 10.8 Å². The summed E-state index contributed by atoms with van der Waals surface area (Å²) in [6, 6.07) is 16.2. The zero-order valence-corrected chi connectivity index (χ0v) is 15.7. The Morgan fingerprint density at radius 3 is 2.44 bits per heavy atom. The number of esters is 1. The van der Waals surface area contributed by atoms with Crippen molar-refractivity contribution in [1.29, 1.82) is 0 Å². The van der Waals surface area contributed by atoms with Crippen molar-refractivity contribution in [2.75, 3.05) is 19.0 Å². The molecule has 0 aliphatic carbocycles. The molecule has 1 N–H and O–H groups in total. The number of rotatable bonds is 5. The molecule has 0 bridgehead atoms. The van der Waals surface area contributed by atoms with Crippen LogP contribution in [0, 0.1) is 6.92 Å². The molecule has 138 valence electrons. The molecule has 0 radical (unpaired) electrons. The molecule has 0 aliphatic heterocycles. The Hall–Kier alpha value is -3.05. The first kappa shape index (κ1) is 18.7. The number of hydrogen-bond donors (Lipinski definition) is 1. The maximum absolute atomic E-state index is 12.4. The summed E-state index contributed by atoms with van der Waals surface area (Å²) in [5.41, 5.74) is 1.70. The average Bonchev–Trinajstić information content (AvgIpc) is 2.67. The number of aryl methyl sites for hydroxylation is 1. The summed E-state index contributed by atoms with van der Waals surface area (Å²) in [4.78, 5) is 24.6. The predicted molar refractivity (Wildman–Crippen MR) is 106 cm³/mol. The number of ether oxygens (including phenoxy) is 2. The number of carbonyl (C=O) groups excluding carboxylic acids is 2. The molecule has 0 aliphatic rings. The maximum atomic E-state index is 12.4. The molecule has 27 heavy (non-hydrogen) atoms. The van der Waals surface area contributed by atoms with Crippen molar-refractivity contribution in [3.8, 4) is 5.75 Å². The average molecular weight is 384 g/mol. The van der Waals surface area contributed by atoms with Gasteiger partial charge in [-0.3, -0.25) is 4.79 Å². The van der Waals surface area contributed by atoms with Crippen molar-refractivity contribution in [3.63, 3.8) is 0 Å². The van der Waals surface area contributed by atoms with Gasteiger partial charge in [-0.2, -0.15) is 0 Å². The van der Waals surface area contributed by atoms with Crippen LogP contribution in [0.2, 0.25) is 5.02 Å². The smallest absolute Gasteiger partial charge is 0.342 e. The molecule has 0 unspecified atom stereocenters. The van der Waals surface area contributed by atoms with E-state index in [2.05, 4.69) is 5.32 Å². The molecule has 1 amide bonds.